The minimum atomic E-state index is -0.149. The van der Waals surface area contributed by atoms with Crippen LogP contribution >= 0.6 is 0 Å². The Morgan fingerprint density at radius 3 is 2.83 bits per heavy atom. The number of rotatable bonds is 5. The van der Waals surface area contributed by atoms with Crippen LogP contribution in [0, 0.1) is 0 Å². The Labute approximate surface area is 106 Å². The average molecular weight is 242 g/mol. The van der Waals surface area contributed by atoms with Crippen molar-refractivity contribution in [1.82, 2.24) is 9.97 Å². The fraction of sp³-hybridized carbons (Fsp3) is 0.214. The molecule has 0 fully saturated rings. The first-order chi connectivity index (χ1) is 8.83. The molecular weight excluding hydrogens is 228 g/mol. The van der Waals surface area contributed by atoms with Crippen LogP contribution in [0.5, 0.6) is 5.75 Å². The van der Waals surface area contributed by atoms with Crippen LogP contribution in [-0.2, 0) is 0 Å². The molecule has 1 aromatic carbocycles. The van der Waals surface area contributed by atoms with E-state index >= 15 is 0 Å². The third-order valence-corrected chi connectivity index (χ3v) is 2.41. The molecule has 18 heavy (non-hydrogen) atoms. The van der Waals surface area contributed by atoms with Gasteiger partial charge in [-0.25, -0.2) is 9.97 Å². The van der Waals surface area contributed by atoms with Gasteiger partial charge in [0, 0.05) is 6.20 Å². The van der Waals surface area contributed by atoms with Crippen LogP contribution in [0.15, 0.2) is 42.9 Å². The predicted molar refractivity (Wildman–Crippen MR) is 67.7 cm³/mol. The molecule has 0 unspecified atom stereocenters. The number of ether oxygens (including phenoxy) is 1. The second kappa shape index (κ2) is 5.91. The van der Waals surface area contributed by atoms with Crippen LogP contribution in [0.4, 0.5) is 0 Å². The van der Waals surface area contributed by atoms with E-state index in [4.69, 9.17) is 4.74 Å². The van der Waals surface area contributed by atoms with Crippen molar-refractivity contribution in [3.63, 3.8) is 0 Å². The maximum atomic E-state index is 12.3. The van der Waals surface area contributed by atoms with E-state index in [1.54, 1.807) is 24.4 Å². The van der Waals surface area contributed by atoms with Crippen molar-refractivity contribution in [3.8, 4) is 5.75 Å². The monoisotopic (exact) mass is 242 g/mol. The quantitative estimate of drug-likeness (QED) is 0.756. The van der Waals surface area contributed by atoms with Gasteiger partial charge in [0.15, 0.2) is 0 Å². The van der Waals surface area contributed by atoms with E-state index in [-0.39, 0.29) is 5.78 Å². The van der Waals surface area contributed by atoms with Gasteiger partial charge in [-0.3, -0.25) is 4.79 Å². The molecule has 92 valence electrons. The van der Waals surface area contributed by atoms with Gasteiger partial charge in [0.05, 0.1) is 12.2 Å². The fourth-order valence-electron chi connectivity index (χ4n) is 1.56. The van der Waals surface area contributed by atoms with E-state index in [9.17, 15) is 4.79 Å². The minimum absolute atomic E-state index is 0.149. The van der Waals surface area contributed by atoms with Gasteiger partial charge >= 0.3 is 0 Å². The molecule has 2 rings (SSSR count). The van der Waals surface area contributed by atoms with Crippen LogP contribution in [-0.4, -0.2) is 22.4 Å². The summed E-state index contributed by atoms with van der Waals surface area (Å²) < 4.78 is 5.56. The Kier molecular flexibility index (Phi) is 4.02. The first-order valence-electron chi connectivity index (χ1n) is 5.85. The number of benzene rings is 1. The Bertz CT molecular complexity index is 526. The molecule has 0 aliphatic carbocycles. The van der Waals surface area contributed by atoms with Crippen LogP contribution in [0.1, 0.15) is 29.4 Å². The molecule has 0 saturated carbocycles. The van der Waals surface area contributed by atoms with Crippen LogP contribution < -0.4 is 4.74 Å². The second-order valence-electron chi connectivity index (χ2n) is 3.77. The summed E-state index contributed by atoms with van der Waals surface area (Å²) in [5.41, 5.74) is 0.905. The third-order valence-electron chi connectivity index (χ3n) is 2.41. The van der Waals surface area contributed by atoms with Gasteiger partial charge in [0.25, 0.3) is 0 Å². The highest BCUT2D eigenvalue weighted by Gasteiger charge is 2.14. The number of ketones is 1. The summed E-state index contributed by atoms with van der Waals surface area (Å²) in [5, 5.41) is 0. The molecule has 0 saturated heterocycles. The molecule has 0 aliphatic heterocycles. The number of nitrogens with zero attached hydrogens (tertiary/aromatic N) is 2. The molecule has 0 aliphatic rings. The van der Waals surface area contributed by atoms with E-state index in [1.165, 1.54) is 6.33 Å². The van der Waals surface area contributed by atoms with E-state index in [1.807, 2.05) is 19.1 Å². The molecule has 0 N–H and O–H groups in total. The Balaban J connectivity index is 2.30. The van der Waals surface area contributed by atoms with Crippen LogP contribution in [0.3, 0.4) is 0 Å². The smallest absolute Gasteiger partial charge is 0.215 e. The van der Waals surface area contributed by atoms with E-state index in [0.29, 0.717) is 23.6 Å². The maximum absolute atomic E-state index is 12.3. The summed E-state index contributed by atoms with van der Waals surface area (Å²) in [6.45, 7) is 2.61. The number of aromatic nitrogens is 2. The average Bonchev–Trinajstić information content (AvgIpc) is 2.45. The van der Waals surface area contributed by atoms with E-state index < -0.39 is 0 Å². The molecule has 0 amide bonds. The summed E-state index contributed by atoms with van der Waals surface area (Å²) in [4.78, 5) is 20.0. The fourth-order valence-corrected chi connectivity index (χ4v) is 1.56. The normalized spacial score (nSPS) is 10.1. The van der Waals surface area contributed by atoms with Gasteiger partial charge in [0.2, 0.25) is 5.78 Å². The third kappa shape index (κ3) is 2.71. The summed E-state index contributed by atoms with van der Waals surface area (Å²) in [7, 11) is 0. The number of carbonyl (C=O) groups excluding carboxylic acids is 1. The summed E-state index contributed by atoms with van der Waals surface area (Å²) >= 11 is 0. The van der Waals surface area contributed by atoms with Crippen molar-refractivity contribution in [2.45, 2.75) is 13.3 Å². The molecule has 0 radical (unpaired) electrons. The van der Waals surface area contributed by atoms with Gasteiger partial charge in [0.1, 0.15) is 17.8 Å². The summed E-state index contributed by atoms with van der Waals surface area (Å²) in [6.07, 6.45) is 3.81. The number of para-hydroxylation sites is 1. The molecule has 0 spiro atoms. The predicted octanol–water partition coefficient (Wildman–Crippen LogP) is 2.50. The van der Waals surface area contributed by atoms with Gasteiger partial charge in [-0.2, -0.15) is 0 Å². The molecule has 1 aromatic heterocycles. The van der Waals surface area contributed by atoms with Crippen molar-refractivity contribution in [3.05, 3.63) is 54.1 Å². The largest absolute Gasteiger partial charge is 0.493 e. The van der Waals surface area contributed by atoms with Crippen molar-refractivity contribution in [2.75, 3.05) is 6.61 Å². The molecule has 2 aromatic rings. The minimum Gasteiger partial charge on any atom is -0.493 e. The van der Waals surface area contributed by atoms with Crippen molar-refractivity contribution in [2.24, 2.45) is 0 Å². The zero-order valence-corrected chi connectivity index (χ0v) is 10.2. The van der Waals surface area contributed by atoms with Gasteiger partial charge in [-0.15, -0.1) is 0 Å². The van der Waals surface area contributed by atoms with E-state index in [2.05, 4.69) is 9.97 Å². The Morgan fingerprint density at radius 2 is 2.11 bits per heavy atom. The highest BCUT2D eigenvalue weighted by Crippen LogP contribution is 2.20. The lowest BCUT2D eigenvalue weighted by atomic mass is 10.1. The summed E-state index contributed by atoms with van der Waals surface area (Å²) in [6, 6.07) is 8.80. The lowest BCUT2D eigenvalue weighted by molar-refractivity contribution is 0.103. The highest BCUT2D eigenvalue weighted by molar-refractivity contribution is 6.09. The lowest BCUT2D eigenvalue weighted by Gasteiger charge is -2.09. The van der Waals surface area contributed by atoms with E-state index in [0.717, 1.165) is 6.42 Å². The molecule has 0 bridgehead atoms. The highest BCUT2D eigenvalue weighted by atomic mass is 16.5. The zero-order chi connectivity index (χ0) is 12.8. The Morgan fingerprint density at radius 1 is 1.28 bits per heavy atom. The molecule has 4 nitrogen and oxygen atoms in total. The molecule has 4 heteroatoms. The summed E-state index contributed by atoms with van der Waals surface area (Å²) in [5.74, 6) is 0.451. The molecule has 0 atom stereocenters. The maximum Gasteiger partial charge on any atom is 0.215 e. The first kappa shape index (κ1) is 12.2. The van der Waals surface area contributed by atoms with Gasteiger partial charge in [-0.05, 0) is 24.6 Å². The number of carbonyl (C=O) groups is 1. The second-order valence-corrected chi connectivity index (χ2v) is 3.77. The van der Waals surface area contributed by atoms with Gasteiger partial charge in [-0.1, -0.05) is 19.1 Å². The van der Waals surface area contributed by atoms with Crippen molar-refractivity contribution >= 4 is 5.78 Å². The van der Waals surface area contributed by atoms with Crippen LogP contribution in [0.2, 0.25) is 0 Å². The topological polar surface area (TPSA) is 52.1 Å². The van der Waals surface area contributed by atoms with Crippen molar-refractivity contribution < 1.29 is 9.53 Å². The van der Waals surface area contributed by atoms with Crippen molar-refractivity contribution in [1.29, 1.82) is 0 Å². The number of hydrogen-bond donors (Lipinski definition) is 0. The Hall–Kier alpha value is -2.23. The lowest BCUT2D eigenvalue weighted by Crippen LogP contribution is -2.07. The molecule has 1 heterocycles. The SMILES string of the molecule is CCCOc1ccccc1C(=O)c1ccncn1. The standard InChI is InChI=1S/C14H14N2O2/c1-2-9-18-13-6-4-3-5-11(13)14(17)12-7-8-15-10-16-12/h3-8,10H,2,9H2,1H3. The zero-order valence-electron chi connectivity index (χ0n) is 10.2. The van der Waals surface area contributed by atoms with Crippen LogP contribution in [0.25, 0.3) is 0 Å². The first-order valence-corrected chi connectivity index (χ1v) is 5.85. The number of hydrogen-bond acceptors (Lipinski definition) is 4. The van der Waals surface area contributed by atoms with Gasteiger partial charge < -0.3 is 4.74 Å². The molecular formula is C14H14N2O2.